The lowest BCUT2D eigenvalue weighted by Crippen LogP contribution is -2.48. The second-order valence-corrected chi connectivity index (χ2v) is 8.91. The number of hydrogen-bond acceptors (Lipinski definition) is 8. The van der Waals surface area contributed by atoms with E-state index in [0.29, 0.717) is 37.8 Å². The first-order valence-corrected chi connectivity index (χ1v) is 11.0. The van der Waals surface area contributed by atoms with Crippen LogP contribution < -0.4 is 20.1 Å². The highest BCUT2D eigenvalue weighted by Gasteiger charge is 2.37. The number of likely N-dealkylation sites (N-methyl/N-ethyl adjacent to an activating group) is 1. The van der Waals surface area contributed by atoms with Gasteiger partial charge >= 0.3 is 11.8 Å². The first kappa shape index (κ1) is 22.3. The van der Waals surface area contributed by atoms with Crippen LogP contribution in [0.3, 0.4) is 0 Å². The summed E-state index contributed by atoms with van der Waals surface area (Å²) in [5.41, 5.74) is 0. The van der Waals surface area contributed by atoms with Crippen molar-refractivity contribution in [1.29, 1.82) is 0 Å². The zero-order chi connectivity index (χ0) is 21.7. The molecule has 1 aromatic rings. The lowest BCUT2D eigenvalue weighted by atomic mass is 10.3. The van der Waals surface area contributed by atoms with E-state index >= 15 is 0 Å². The normalized spacial score (nSPS) is 19.0. The highest BCUT2D eigenvalue weighted by atomic mass is 32.2. The van der Waals surface area contributed by atoms with Crippen LogP contribution in [0.4, 0.5) is 0 Å². The molecule has 0 bridgehead atoms. The molecule has 12 heteroatoms. The summed E-state index contributed by atoms with van der Waals surface area (Å²) < 4.78 is 43.6. The Morgan fingerprint density at radius 2 is 1.80 bits per heavy atom. The second-order valence-electron chi connectivity index (χ2n) is 7.02. The van der Waals surface area contributed by atoms with Crippen molar-refractivity contribution in [1.82, 2.24) is 19.8 Å². The third-order valence-corrected chi connectivity index (χ3v) is 6.44. The first-order valence-electron chi connectivity index (χ1n) is 9.53. The summed E-state index contributed by atoms with van der Waals surface area (Å²) in [6.07, 6.45) is -0.915. The van der Waals surface area contributed by atoms with Crippen LogP contribution in [0.2, 0.25) is 0 Å². The third kappa shape index (κ3) is 5.19. The van der Waals surface area contributed by atoms with Crippen molar-refractivity contribution in [3.8, 4) is 11.5 Å². The van der Waals surface area contributed by atoms with E-state index in [1.165, 1.54) is 12.1 Å². The summed E-state index contributed by atoms with van der Waals surface area (Å²) >= 11 is 0. The number of benzene rings is 1. The van der Waals surface area contributed by atoms with Gasteiger partial charge in [-0.25, -0.2) is 8.42 Å². The molecule has 3 rings (SSSR count). The standard InChI is InChI=1S/C18H26N4O7S/c1-21(2)6-5-19-17(23)18(24)20-12-16-22(7-8-29-16)30(25,26)13-3-4-14-15(11-13)28-10-9-27-14/h3-4,11,16H,5-10,12H2,1-2H3,(H,19,23)(H,20,24)/t16-/m0/s1. The van der Waals surface area contributed by atoms with Crippen LogP contribution in [0.1, 0.15) is 0 Å². The molecule has 1 atom stereocenters. The molecule has 0 radical (unpaired) electrons. The maximum Gasteiger partial charge on any atom is 0.309 e. The molecule has 2 N–H and O–H groups in total. The molecule has 11 nitrogen and oxygen atoms in total. The molecule has 2 aliphatic rings. The van der Waals surface area contributed by atoms with Crippen LogP contribution in [0.15, 0.2) is 23.1 Å². The Labute approximate surface area is 175 Å². The SMILES string of the molecule is CN(C)CCNC(=O)C(=O)NC[C@@H]1OCCN1S(=O)(=O)c1ccc2c(c1)OCCO2. The Balaban J connectivity index is 1.61. The fourth-order valence-corrected chi connectivity index (χ4v) is 4.52. The van der Waals surface area contributed by atoms with Crippen molar-refractivity contribution < 1.29 is 32.2 Å². The number of rotatable bonds is 7. The lowest BCUT2D eigenvalue weighted by Gasteiger charge is -2.24. The van der Waals surface area contributed by atoms with E-state index in [4.69, 9.17) is 14.2 Å². The Morgan fingerprint density at radius 3 is 2.53 bits per heavy atom. The van der Waals surface area contributed by atoms with Crippen LogP contribution >= 0.6 is 0 Å². The molecule has 0 aliphatic carbocycles. The van der Waals surface area contributed by atoms with Crippen LogP contribution in [0, 0.1) is 0 Å². The number of carbonyl (C=O) groups excluding carboxylic acids is 2. The number of nitrogens with one attached hydrogen (secondary N) is 2. The zero-order valence-electron chi connectivity index (χ0n) is 16.9. The van der Waals surface area contributed by atoms with Gasteiger partial charge in [-0.15, -0.1) is 0 Å². The third-order valence-electron chi connectivity index (χ3n) is 4.55. The van der Waals surface area contributed by atoms with Crippen molar-refractivity contribution >= 4 is 21.8 Å². The summed E-state index contributed by atoms with van der Waals surface area (Å²) in [5.74, 6) is -0.777. The van der Waals surface area contributed by atoms with Gasteiger partial charge in [-0.2, -0.15) is 4.31 Å². The first-order chi connectivity index (χ1) is 14.3. The highest BCUT2D eigenvalue weighted by molar-refractivity contribution is 7.89. The smallest absolute Gasteiger partial charge is 0.309 e. The van der Waals surface area contributed by atoms with Crippen molar-refractivity contribution in [2.75, 3.05) is 60.1 Å². The Morgan fingerprint density at radius 1 is 1.10 bits per heavy atom. The number of carbonyl (C=O) groups is 2. The minimum absolute atomic E-state index is 0.0370. The molecule has 2 aliphatic heterocycles. The molecular formula is C18H26N4O7S. The Hall–Kier alpha value is -2.41. The maximum atomic E-state index is 13.1. The van der Waals surface area contributed by atoms with Crippen LogP contribution in [0.25, 0.3) is 0 Å². The topological polar surface area (TPSA) is 127 Å². The maximum absolute atomic E-state index is 13.1. The van der Waals surface area contributed by atoms with Crippen molar-refractivity contribution in [3.05, 3.63) is 18.2 Å². The molecule has 0 aromatic heterocycles. The molecule has 2 heterocycles. The Kier molecular flexibility index (Phi) is 7.13. The van der Waals surface area contributed by atoms with Crippen molar-refractivity contribution in [2.24, 2.45) is 0 Å². The predicted molar refractivity (Wildman–Crippen MR) is 106 cm³/mol. The van der Waals surface area contributed by atoms with E-state index in [9.17, 15) is 18.0 Å². The number of amides is 2. The molecule has 1 aromatic carbocycles. The van der Waals surface area contributed by atoms with Gasteiger partial charge in [0.2, 0.25) is 10.0 Å². The van der Waals surface area contributed by atoms with Gasteiger partial charge in [-0.1, -0.05) is 0 Å². The van der Waals surface area contributed by atoms with Gasteiger partial charge in [-0.3, -0.25) is 9.59 Å². The van der Waals surface area contributed by atoms with Crippen LogP contribution in [0.5, 0.6) is 11.5 Å². The van der Waals surface area contributed by atoms with E-state index in [1.54, 1.807) is 6.07 Å². The quantitative estimate of drug-likeness (QED) is 0.494. The number of hydrogen-bond donors (Lipinski definition) is 2. The predicted octanol–water partition coefficient (Wildman–Crippen LogP) is -1.40. The number of sulfonamides is 1. The summed E-state index contributed by atoms with van der Waals surface area (Å²) in [6.45, 7) is 1.82. The largest absolute Gasteiger partial charge is 0.486 e. The minimum atomic E-state index is -3.90. The van der Waals surface area contributed by atoms with E-state index < -0.39 is 28.1 Å². The molecular weight excluding hydrogens is 416 g/mol. The van der Waals surface area contributed by atoms with Crippen molar-refractivity contribution in [2.45, 2.75) is 11.1 Å². The highest BCUT2D eigenvalue weighted by Crippen LogP contribution is 2.34. The van der Waals surface area contributed by atoms with E-state index in [1.807, 2.05) is 19.0 Å². The molecule has 30 heavy (non-hydrogen) atoms. The van der Waals surface area contributed by atoms with Gasteiger partial charge in [-0.05, 0) is 26.2 Å². The second kappa shape index (κ2) is 9.60. The molecule has 0 saturated carbocycles. The van der Waals surface area contributed by atoms with Crippen LogP contribution in [-0.2, 0) is 24.3 Å². The average molecular weight is 442 g/mol. The number of fused-ring (bicyclic) bond motifs is 1. The van der Waals surface area contributed by atoms with Crippen LogP contribution in [-0.4, -0.2) is 95.8 Å². The van der Waals surface area contributed by atoms with Gasteiger partial charge in [0, 0.05) is 25.7 Å². The molecule has 0 unspecified atom stereocenters. The molecule has 1 saturated heterocycles. The molecule has 2 amide bonds. The summed E-state index contributed by atoms with van der Waals surface area (Å²) in [6, 6.07) is 4.40. The summed E-state index contributed by atoms with van der Waals surface area (Å²) in [5, 5.41) is 4.92. The van der Waals surface area contributed by atoms with E-state index in [0.717, 1.165) is 4.31 Å². The van der Waals surface area contributed by atoms with Gasteiger partial charge in [0.05, 0.1) is 18.0 Å². The van der Waals surface area contributed by atoms with E-state index in [2.05, 4.69) is 10.6 Å². The van der Waals surface area contributed by atoms with Crippen molar-refractivity contribution in [3.63, 3.8) is 0 Å². The summed E-state index contributed by atoms with van der Waals surface area (Å²) in [4.78, 5) is 25.7. The van der Waals surface area contributed by atoms with Gasteiger partial charge in [0.25, 0.3) is 0 Å². The molecule has 166 valence electrons. The Bertz CT molecular complexity index is 891. The number of ether oxygens (including phenoxy) is 3. The van der Waals surface area contributed by atoms with Gasteiger partial charge in [0.15, 0.2) is 11.5 Å². The monoisotopic (exact) mass is 442 g/mol. The molecule has 1 fully saturated rings. The van der Waals surface area contributed by atoms with Gasteiger partial charge < -0.3 is 29.7 Å². The van der Waals surface area contributed by atoms with Gasteiger partial charge in [0.1, 0.15) is 19.4 Å². The summed E-state index contributed by atoms with van der Waals surface area (Å²) in [7, 11) is -0.203. The van der Waals surface area contributed by atoms with E-state index in [-0.39, 0.29) is 24.6 Å². The number of nitrogens with zero attached hydrogens (tertiary/aromatic N) is 2. The fourth-order valence-electron chi connectivity index (χ4n) is 2.99. The minimum Gasteiger partial charge on any atom is -0.486 e. The fraction of sp³-hybridized carbons (Fsp3) is 0.556. The lowest BCUT2D eigenvalue weighted by molar-refractivity contribution is -0.139. The average Bonchev–Trinajstić information content (AvgIpc) is 3.20. The molecule has 0 spiro atoms. The zero-order valence-corrected chi connectivity index (χ0v) is 17.7.